The molecule has 1 aliphatic carbocycles. The van der Waals surface area contributed by atoms with Crippen LogP contribution in [0.15, 0.2) is 48.5 Å². The van der Waals surface area contributed by atoms with Gasteiger partial charge in [0.25, 0.3) is 0 Å². The fraction of sp³-hybridized carbons (Fsp3) is 0.440. The molecule has 5 rings (SSSR count). The Balaban J connectivity index is 1.38. The number of carbonyl (C=O) groups excluding carboxylic acids is 1. The zero-order valence-electron chi connectivity index (χ0n) is 18.0. The summed E-state index contributed by atoms with van der Waals surface area (Å²) in [5, 5.41) is 0. The summed E-state index contributed by atoms with van der Waals surface area (Å²) < 4.78 is 13.7. The van der Waals surface area contributed by atoms with Crippen molar-refractivity contribution < 1.29 is 14.3 Å². The standard InChI is InChI=1S/C25H29N3O3/c1-30-22-12-6-7-13-23(22)31-15-14-27-21-11-5-4-10-20(21)26-25(27)18-16-24(29)28(17-18)19-8-2-3-9-19/h4-7,10-13,18-19H,2-3,8-9,14-17H2,1H3. The summed E-state index contributed by atoms with van der Waals surface area (Å²) in [5.74, 6) is 2.87. The molecule has 0 radical (unpaired) electrons. The normalized spacial score (nSPS) is 19.5. The van der Waals surface area contributed by atoms with E-state index in [0.717, 1.165) is 47.7 Å². The highest BCUT2D eigenvalue weighted by Crippen LogP contribution is 2.35. The van der Waals surface area contributed by atoms with Gasteiger partial charge in [-0.05, 0) is 37.1 Å². The number of aromatic nitrogens is 2. The summed E-state index contributed by atoms with van der Waals surface area (Å²) in [7, 11) is 1.65. The highest BCUT2D eigenvalue weighted by molar-refractivity contribution is 5.81. The maximum atomic E-state index is 12.8. The number of methoxy groups -OCH3 is 1. The fourth-order valence-corrected chi connectivity index (χ4v) is 5.10. The number of ether oxygens (including phenoxy) is 2. The second kappa shape index (κ2) is 8.61. The third-order valence-corrected chi connectivity index (χ3v) is 6.61. The number of amides is 1. The summed E-state index contributed by atoms with van der Waals surface area (Å²) in [4.78, 5) is 19.9. The largest absolute Gasteiger partial charge is 0.493 e. The molecule has 6 heteroatoms. The minimum atomic E-state index is 0.131. The Morgan fingerprint density at radius 2 is 1.77 bits per heavy atom. The predicted octanol–water partition coefficient (Wildman–Crippen LogP) is 4.38. The number of hydrogen-bond donors (Lipinski definition) is 0. The Morgan fingerprint density at radius 1 is 1.03 bits per heavy atom. The molecule has 1 atom stereocenters. The third kappa shape index (κ3) is 3.87. The molecule has 2 aromatic carbocycles. The molecule has 0 bridgehead atoms. The monoisotopic (exact) mass is 419 g/mol. The van der Waals surface area contributed by atoms with E-state index in [9.17, 15) is 4.79 Å². The van der Waals surface area contributed by atoms with Crippen molar-refractivity contribution in [2.75, 3.05) is 20.3 Å². The molecule has 2 aliphatic rings. The maximum absolute atomic E-state index is 12.8. The van der Waals surface area contributed by atoms with E-state index in [2.05, 4.69) is 15.5 Å². The molecule has 2 fully saturated rings. The minimum absolute atomic E-state index is 0.131. The summed E-state index contributed by atoms with van der Waals surface area (Å²) >= 11 is 0. The SMILES string of the molecule is COc1ccccc1OCCn1c(C2CC(=O)N(C3CCCC3)C2)nc2ccccc21. The lowest BCUT2D eigenvalue weighted by atomic mass is 10.1. The number of imidazole rings is 1. The molecule has 6 nitrogen and oxygen atoms in total. The van der Waals surface area contributed by atoms with Gasteiger partial charge in [0.2, 0.25) is 5.91 Å². The Bertz CT molecular complexity index is 1070. The molecule has 1 amide bonds. The van der Waals surface area contributed by atoms with E-state index in [1.807, 2.05) is 42.5 Å². The number of nitrogens with zero attached hydrogens (tertiary/aromatic N) is 3. The van der Waals surface area contributed by atoms with Crippen LogP contribution < -0.4 is 9.47 Å². The van der Waals surface area contributed by atoms with Crippen molar-refractivity contribution >= 4 is 16.9 Å². The Kier molecular flexibility index (Phi) is 5.53. The van der Waals surface area contributed by atoms with Crippen molar-refractivity contribution in [2.45, 2.75) is 50.6 Å². The molecule has 1 saturated carbocycles. The summed E-state index contributed by atoms with van der Waals surface area (Å²) in [6, 6.07) is 16.3. The van der Waals surface area contributed by atoms with Gasteiger partial charge < -0.3 is 18.9 Å². The topological polar surface area (TPSA) is 56.6 Å². The highest BCUT2D eigenvalue weighted by Gasteiger charge is 2.38. The first-order valence-electron chi connectivity index (χ1n) is 11.2. The zero-order chi connectivity index (χ0) is 21.2. The molecule has 162 valence electrons. The van der Waals surface area contributed by atoms with E-state index in [1.54, 1.807) is 7.11 Å². The van der Waals surface area contributed by atoms with Gasteiger partial charge in [-0.1, -0.05) is 37.1 Å². The van der Waals surface area contributed by atoms with Crippen LogP contribution in [-0.4, -0.2) is 46.7 Å². The van der Waals surface area contributed by atoms with Gasteiger partial charge in [-0.3, -0.25) is 4.79 Å². The van der Waals surface area contributed by atoms with Crippen LogP contribution in [-0.2, 0) is 11.3 Å². The lowest BCUT2D eigenvalue weighted by Gasteiger charge is -2.24. The van der Waals surface area contributed by atoms with E-state index < -0.39 is 0 Å². The van der Waals surface area contributed by atoms with Gasteiger partial charge in [0, 0.05) is 24.9 Å². The van der Waals surface area contributed by atoms with E-state index in [-0.39, 0.29) is 11.8 Å². The lowest BCUT2D eigenvalue weighted by molar-refractivity contribution is -0.129. The molecule has 0 spiro atoms. The summed E-state index contributed by atoms with van der Waals surface area (Å²) in [6.07, 6.45) is 5.30. The number of para-hydroxylation sites is 4. The molecule has 1 unspecified atom stereocenters. The van der Waals surface area contributed by atoms with Crippen molar-refractivity contribution in [3.8, 4) is 11.5 Å². The van der Waals surface area contributed by atoms with Gasteiger partial charge in [0.15, 0.2) is 11.5 Å². The summed E-state index contributed by atoms with van der Waals surface area (Å²) in [5.41, 5.74) is 2.06. The van der Waals surface area contributed by atoms with Crippen molar-refractivity contribution in [2.24, 2.45) is 0 Å². The molecule has 0 N–H and O–H groups in total. The number of hydrogen-bond acceptors (Lipinski definition) is 4. The minimum Gasteiger partial charge on any atom is -0.493 e. The van der Waals surface area contributed by atoms with Crippen LogP contribution >= 0.6 is 0 Å². The number of likely N-dealkylation sites (tertiary alicyclic amines) is 1. The Labute approximate surface area is 182 Å². The van der Waals surface area contributed by atoms with Crippen LogP contribution in [0.3, 0.4) is 0 Å². The average molecular weight is 420 g/mol. The molecule has 31 heavy (non-hydrogen) atoms. The van der Waals surface area contributed by atoms with Crippen molar-refractivity contribution in [1.82, 2.24) is 14.5 Å². The van der Waals surface area contributed by atoms with E-state index in [4.69, 9.17) is 14.5 Å². The molecule has 2 heterocycles. The van der Waals surface area contributed by atoms with Crippen LogP contribution in [0.1, 0.15) is 43.8 Å². The van der Waals surface area contributed by atoms with Gasteiger partial charge >= 0.3 is 0 Å². The Morgan fingerprint density at radius 3 is 2.58 bits per heavy atom. The quantitative estimate of drug-likeness (QED) is 0.570. The molecule has 1 saturated heterocycles. The second-order valence-corrected chi connectivity index (χ2v) is 8.50. The van der Waals surface area contributed by atoms with Crippen LogP contribution in [0.4, 0.5) is 0 Å². The first-order chi connectivity index (χ1) is 15.2. The summed E-state index contributed by atoms with van der Waals surface area (Å²) in [6.45, 7) is 1.95. The second-order valence-electron chi connectivity index (χ2n) is 8.50. The van der Waals surface area contributed by atoms with Gasteiger partial charge in [-0.2, -0.15) is 0 Å². The van der Waals surface area contributed by atoms with E-state index >= 15 is 0 Å². The average Bonchev–Trinajstić information content (AvgIpc) is 3.53. The smallest absolute Gasteiger partial charge is 0.223 e. The first-order valence-corrected chi connectivity index (χ1v) is 11.2. The van der Waals surface area contributed by atoms with Crippen molar-refractivity contribution in [3.63, 3.8) is 0 Å². The van der Waals surface area contributed by atoms with E-state index in [0.29, 0.717) is 25.6 Å². The number of carbonyl (C=O) groups is 1. The fourth-order valence-electron chi connectivity index (χ4n) is 5.10. The Hall–Kier alpha value is -3.02. The van der Waals surface area contributed by atoms with E-state index in [1.165, 1.54) is 12.8 Å². The van der Waals surface area contributed by atoms with Gasteiger partial charge in [-0.15, -0.1) is 0 Å². The molecule has 3 aromatic rings. The molecule has 1 aromatic heterocycles. The van der Waals surface area contributed by atoms with Crippen LogP contribution in [0.5, 0.6) is 11.5 Å². The molecular weight excluding hydrogens is 390 g/mol. The van der Waals surface area contributed by atoms with Gasteiger partial charge in [-0.25, -0.2) is 4.98 Å². The van der Waals surface area contributed by atoms with Crippen LogP contribution in [0.25, 0.3) is 11.0 Å². The molecular formula is C25H29N3O3. The van der Waals surface area contributed by atoms with Gasteiger partial charge in [0.05, 0.1) is 24.7 Å². The maximum Gasteiger partial charge on any atom is 0.223 e. The zero-order valence-corrected chi connectivity index (χ0v) is 18.0. The number of rotatable bonds is 7. The number of benzene rings is 2. The molecule has 1 aliphatic heterocycles. The van der Waals surface area contributed by atoms with Crippen LogP contribution in [0.2, 0.25) is 0 Å². The van der Waals surface area contributed by atoms with Crippen molar-refractivity contribution in [3.05, 3.63) is 54.4 Å². The third-order valence-electron chi connectivity index (χ3n) is 6.61. The van der Waals surface area contributed by atoms with Gasteiger partial charge in [0.1, 0.15) is 12.4 Å². The highest BCUT2D eigenvalue weighted by atomic mass is 16.5. The lowest BCUT2D eigenvalue weighted by Crippen LogP contribution is -2.34. The van der Waals surface area contributed by atoms with Crippen LogP contribution in [0, 0.1) is 0 Å². The number of fused-ring (bicyclic) bond motifs is 1. The first kappa shape index (κ1) is 19.9. The van der Waals surface area contributed by atoms with Crippen molar-refractivity contribution in [1.29, 1.82) is 0 Å². The predicted molar refractivity (Wildman–Crippen MR) is 120 cm³/mol.